The summed E-state index contributed by atoms with van der Waals surface area (Å²) in [6.45, 7) is 4.15. The highest BCUT2D eigenvalue weighted by atomic mass is 127. The fourth-order valence-corrected chi connectivity index (χ4v) is 2.73. The average Bonchev–Trinajstić information content (AvgIpc) is 2.46. The Hall–Kier alpha value is -1.36. The van der Waals surface area contributed by atoms with Crippen LogP contribution in [0.15, 0.2) is 48.5 Å². The summed E-state index contributed by atoms with van der Waals surface area (Å²) >= 11 is 2.19. The van der Waals surface area contributed by atoms with Gasteiger partial charge in [0.2, 0.25) is 0 Å². The minimum absolute atomic E-state index is 0.0116. The van der Waals surface area contributed by atoms with Crippen molar-refractivity contribution < 1.29 is 4.79 Å². The third kappa shape index (κ3) is 3.60. The first-order chi connectivity index (χ1) is 9.61. The zero-order valence-electron chi connectivity index (χ0n) is 11.7. The lowest BCUT2D eigenvalue weighted by atomic mass is 10.0. The number of aryl methyl sites for hydroxylation is 1. The van der Waals surface area contributed by atoms with Gasteiger partial charge in [0, 0.05) is 3.57 Å². The van der Waals surface area contributed by atoms with E-state index in [0.29, 0.717) is 0 Å². The summed E-state index contributed by atoms with van der Waals surface area (Å²) < 4.78 is 0.973. The fourth-order valence-electron chi connectivity index (χ4n) is 2.10. The van der Waals surface area contributed by atoms with Crippen molar-refractivity contribution in [3.8, 4) is 0 Å². The first-order valence-electron chi connectivity index (χ1n) is 6.73. The van der Waals surface area contributed by atoms with Gasteiger partial charge in [-0.1, -0.05) is 48.9 Å². The standard InChI is InChI=1S/C17H18INO/c1-3-16(13-10-8-12(2)9-11-13)19-17(20)14-6-4-5-7-15(14)18/h4-11,16H,3H2,1-2H3,(H,19,20)/t16-/m1/s1. The zero-order valence-corrected chi connectivity index (χ0v) is 13.8. The van der Waals surface area contributed by atoms with Crippen molar-refractivity contribution in [3.05, 3.63) is 68.8 Å². The zero-order chi connectivity index (χ0) is 14.5. The van der Waals surface area contributed by atoms with E-state index in [1.54, 1.807) is 0 Å². The maximum absolute atomic E-state index is 12.4. The van der Waals surface area contributed by atoms with E-state index in [1.807, 2.05) is 24.3 Å². The topological polar surface area (TPSA) is 29.1 Å². The summed E-state index contributed by atoms with van der Waals surface area (Å²) in [6.07, 6.45) is 0.873. The van der Waals surface area contributed by atoms with Crippen molar-refractivity contribution in [2.75, 3.05) is 0 Å². The van der Waals surface area contributed by atoms with Gasteiger partial charge in [-0.2, -0.15) is 0 Å². The Morgan fingerprint density at radius 1 is 1.15 bits per heavy atom. The molecule has 0 aliphatic carbocycles. The molecule has 1 amide bonds. The van der Waals surface area contributed by atoms with Crippen molar-refractivity contribution >= 4 is 28.5 Å². The van der Waals surface area contributed by atoms with Gasteiger partial charge >= 0.3 is 0 Å². The molecule has 0 spiro atoms. The van der Waals surface area contributed by atoms with Crippen LogP contribution in [0.5, 0.6) is 0 Å². The molecule has 104 valence electrons. The summed E-state index contributed by atoms with van der Waals surface area (Å²) in [6, 6.07) is 16.0. The quantitative estimate of drug-likeness (QED) is 0.780. The number of amides is 1. The molecule has 0 unspecified atom stereocenters. The van der Waals surface area contributed by atoms with Gasteiger partial charge in [-0.15, -0.1) is 0 Å². The normalized spacial score (nSPS) is 11.9. The monoisotopic (exact) mass is 379 g/mol. The summed E-state index contributed by atoms with van der Waals surface area (Å²) in [5.41, 5.74) is 3.11. The van der Waals surface area contributed by atoms with Crippen LogP contribution in [0, 0.1) is 10.5 Å². The van der Waals surface area contributed by atoms with Crippen molar-refractivity contribution in [1.82, 2.24) is 5.32 Å². The molecular formula is C17H18INO. The molecule has 1 N–H and O–H groups in total. The van der Waals surface area contributed by atoms with Crippen molar-refractivity contribution in [2.45, 2.75) is 26.3 Å². The second-order valence-corrected chi connectivity index (χ2v) is 5.99. The molecule has 0 saturated carbocycles. The van der Waals surface area contributed by atoms with E-state index in [9.17, 15) is 4.79 Å². The number of rotatable bonds is 4. The molecule has 2 aromatic carbocycles. The first-order valence-corrected chi connectivity index (χ1v) is 7.81. The highest BCUT2D eigenvalue weighted by Crippen LogP contribution is 2.19. The molecule has 0 bridgehead atoms. The van der Waals surface area contributed by atoms with Crippen LogP contribution in [0.1, 0.15) is 40.9 Å². The van der Waals surface area contributed by atoms with Crippen LogP contribution in [0.3, 0.4) is 0 Å². The molecule has 2 nitrogen and oxygen atoms in total. The lowest BCUT2D eigenvalue weighted by Gasteiger charge is -2.18. The number of carbonyl (C=O) groups excluding carboxylic acids is 1. The smallest absolute Gasteiger partial charge is 0.252 e. The molecular weight excluding hydrogens is 361 g/mol. The SMILES string of the molecule is CC[C@@H](NC(=O)c1ccccc1I)c1ccc(C)cc1. The van der Waals surface area contributed by atoms with Crippen LogP contribution in [0.2, 0.25) is 0 Å². The van der Waals surface area contributed by atoms with E-state index in [-0.39, 0.29) is 11.9 Å². The van der Waals surface area contributed by atoms with Crippen LogP contribution >= 0.6 is 22.6 Å². The summed E-state index contributed by atoms with van der Waals surface area (Å²) in [5, 5.41) is 3.12. The summed E-state index contributed by atoms with van der Waals surface area (Å²) in [5.74, 6) is -0.0116. The van der Waals surface area contributed by atoms with Gasteiger partial charge in [0.15, 0.2) is 0 Å². The van der Waals surface area contributed by atoms with Crippen LogP contribution in [0.4, 0.5) is 0 Å². The highest BCUT2D eigenvalue weighted by molar-refractivity contribution is 14.1. The fraction of sp³-hybridized carbons (Fsp3) is 0.235. The van der Waals surface area contributed by atoms with E-state index >= 15 is 0 Å². The number of hydrogen-bond donors (Lipinski definition) is 1. The molecule has 0 fully saturated rings. The molecule has 1 atom stereocenters. The van der Waals surface area contributed by atoms with Crippen molar-refractivity contribution in [1.29, 1.82) is 0 Å². The second-order valence-electron chi connectivity index (χ2n) is 4.82. The molecule has 0 aromatic heterocycles. The molecule has 0 aliphatic heterocycles. The summed E-state index contributed by atoms with van der Waals surface area (Å²) in [4.78, 5) is 12.4. The molecule has 2 aromatic rings. The van der Waals surface area contributed by atoms with E-state index in [4.69, 9.17) is 0 Å². The predicted octanol–water partition coefficient (Wildman–Crippen LogP) is 4.48. The first kappa shape index (κ1) is 15.0. The third-order valence-corrected chi connectivity index (χ3v) is 4.25. The Bertz CT molecular complexity index is 592. The third-order valence-electron chi connectivity index (χ3n) is 3.31. The highest BCUT2D eigenvalue weighted by Gasteiger charge is 2.15. The minimum atomic E-state index is -0.0116. The van der Waals surface area contributed by atoms with Gasteiger partial charge in [0.1, 0.15) is 0 Å². The molecule has 0 heterocycles. The second kappa shape index (κ2) is 6.88. The van der Waals surface area contributed by atoms with E-state index in [1.165, 1.54) is 5.56 Å². The Kier molecular flexibility index (Phi) is 5.17. The van der Waals surface area contributed by atoms with Crippen molar-refractivity contribution in [3.63, 3.8) is 0 Å². The molecule has 2 rings (SSSR count). The maximum atomic E-state index is 12.4. The van der Waals surface area contributed by atoms with E-state index < -0.39 is 0 Å². The number of benzene rings is 2. The van der Waals surface area contributed by atoms with Crippen LogP contribution in [0.25, 0.3) is 0 Å². The Morgan fingerprint density at radius 3 is 2.40 bits per heavy atom. The Balaban J connectivity index is 2.16. The van der Waals surface area contributed by atoms with Crippen LogP contribution in [-0.4, -0.2) is 5.91 Å². The van der Waals surface area contributed by atoms with E-state index in [0.717, 1.165) is 21.1 Å². The van der Waals surface area contributed by atoms with E-state index in [2.05, 4.69) is 66.0 Å². The number of carbonyl (C=O) groups is 1. The number of halogens is 1. The number of hydrogen-bond acceptors (Lipinski definition) is 1. The van der Waals surface area contributed by atoms with Crippen molar-refractivity contribution in [2.24, 2.45) is 0 Å². The lowest BCUT2D eigenvalue weighted by Crippen LogP contribution is -2.28. The maximum Gasteiger partial charge on any atom is 0.252 e. The molecule has 0 radical (unpaired) electrons. The van der Waals surface area contributed by atoms with Crippen LogP contribution in [-0.2, 0) is 0 Å². The lowest BCUT2D eigenvalue weighted by molar-refractivity contribution is 0.0934. The molecule has 0 saturated heterocycles. The largest absolute Gasteiger partial charge is 0.345 e. The molecule has 0 aliphatic rings. The minimum Gasteiger partial charge on any atom is -0.345 e. The predicted molar refractivity (Wildman–Crippen MR) is 90.8 cm³/mol. The molecule has 20 heavy (non-hydrogen) atoms. The van der Waals surface area contributed by atoms with Gasteiger partial charge in [-0.3, -0.25) is 4.79 Å². The number of nitrogens with one attached hydrogen (secondary N) is 1. The van der Waals surface area contributed by atoms with Gasteiger partial charge in [-0.25, -0.2) is 0 Å². The van der Waals surface area contributed by atoms with Gasteiger partial charge < -0.3 is 5.32 Å². The van der Waals surface area contributed by atoms with Crippen LogP contribution < -0.4 is 5.32 Å². The average molecular weight is 379 g/mol. The Labute approximate surface area is 133 Å². The van der Waals surface area contributed by atoms with Gasteiger partial charge in [-0.05, 0) is 53.6 Å². The summed E-state index contributed by atoms with van der Waals surface area (Å²) in [7, 11) is 0. The van der Waals surface area contributed by atoms with Gasteiger partial charge in [0.25, 0.3) is 5.91 Å². The Morgan fingerprint density at radius 2 is 1.80 bits per heavy atom. The molecule has 3 heteroatoms. The van der Waals surface area contributed by atoms with Gasteiger partial charge in [0.05, 0.1) is 11.6 Å².